The van der Waals surface area contributed by atoms with Crippen LogP contribution in [0.1, 0.15) is 12.5 Å². The topological polar surface area (TPSA) is 99.3 Å². The van der Waals surface area contributed by atoms with Crippen molar-refractivity contribution in [2.45, 2.75) is 13.0 Å². The number of nitrogens with one attached hydrogen (secondary N) is 1. The highest BCUT2D eigenvalue weighted by molar-refractivity contribution is 5.84. The summed E-state index contributed by atoms with van der Waals surface area (Å²) >= 11 is 0. The molecule has 0 saturated carbocycles. The lowest BCUT2D eigenvalue weighted by atomic mass is 10.1. The van der Waals surface area contributed by atoms with Crippen LogP contribution in [0.15, 0.2) is 18.2 Å². The van der Waals surface area contributed by atoms with Gasteiger partial charge >= 0.3 is 0 Å². The number of nitro benzene ring substituents is 1. The minimum Gasteiger partial charge on any atom is -0.368 e. The van der Waals surface area contributed by atoms with Gasteiger partial charge in [-0.1, -0.05) is 0 Å². The zero-order valence-electron chi connectivity index (χ0n) is 10.9. The lowest BCUT2D eigenvalue weighted by molar-refractivity contribution is -0.384. The molecule has 7 nitrogen and oxygen atoms in total. The zero-order valence-corrected chi connectivity index (χ0v) is 10.9. The van der Waals surface area contributed by atoms with E-state index < -0.39 is 11.0 Å². The van der Waals surface area contributed by atoms with E-state index in [2.05, 4.69) is 5.32 Å². The second kappa shape index (κ2) is 5.82. The smallest absolute Gasteiger partial charge is 0.293 e. The van der Waals surface area contributed by atoms with Gasteiger partial charge in [0.2, 0.25) is 5.91 Å². The molecule has 0 spiro atoms. The number of likely N-dealkylation sites (N-methyl/N-ethyl adjacent to an activating group) is 1. The van der Waals surface area contributed by atoms with E-state index in [1.54, 1.807) is 21.0 Å². The number of carbonyl (C=O) groups excluding carboxylic acids is 1. The van der Waals surface area contributed by atoms with E-state index in [-0.39, 0.29) is 22.8 Å². The normalized spacial score (nSPS) is 11.3. The van der Waals surface area contributed by atoms with Crippen LogP contribution in [0.4, 0.5) is 11.4 Å². The predicted octanol–water partition coefficient (Wildman–Crippen LogP) is 1.36. The summed E-state index contributed by atoms with van der Waals surface area (Å²) < 4.78 is 0. The number of benzene rings is 1. The fourth-order valence-electron chi connectivity index (χ4n) is 1.56. The summed E-state index contributed by atoms with van der Waals surface area (Å²) in [6.45, 7) is 1.62. The van der Waals surface area contributed by atoms with Crippen LogP contribution >= 0.6 is 0 Å². The molecule has 100 valence electrons. The van der Waals surface area contributed by atoms with Crippen molar-refractivity contribution in [2.75, 3.05) is 19.4 Å². The highest BCUT2D eigenvalue weighted by atomic mass is 16.6. The number of nitrogens with zero attached hydrogens (tertiary/aromatic N) is 3. The van der Waals surface area contributed by atoms with E-state index in [4.69, 9.17) is 5.26 Å². The van der Waals surface area contributed by atoms with Crippen LogP contribution in [-0.2, 0) is 4.79 Å². The molecule has 0 unspecified atom stereocenters. The van der Waals surface area contributed by atoms with Crippen LogP contribution in [0.25, 0.3) is 0 Å². The Hall–Kier alpha value is -2.62. The summed E-state index contributed by atoms with van der Waals surface area (Å²) in [5, 5.41) is 22.4. The zero-order chi connectivity index (χ0) is 14.6. The van der Waals surface area contributed by atoms with Gasteiger partial charge in [0.15, 0.2) is 0 Å². The third-order valence-electron chi connectivity index (χ3n) is 2.51. The summed E-state index contributed by atoms with van der Waals surface area (Å²) in [4.78, 5) is 23.4. The first-order valence-electron chi connectivity index (χ1n) is 5.53. The number of rotatable bonds is 4. The number of hydrogen-bond acceptors (Lipinski definition) is 5. The molecule has 0 aromatic heterocycles. The Morgan fingerprint density at radius 3 is 2.63 bits per heavy atom. The van der Waals surface area contributed by atoms with Gasteiger partial charge in [0, 0.05) is 20.2 Å². The maximum atomic E-state index is 11.7. The van der Waals surface area contributed by atoms with Gasteiger partial charge < -0.3 is 10.2 Å². The van der Waals surface area contributed by atoms with Gasteiger partial charge in [0.1, 0.15) is 11.7 Å². The van der Waals surface area contributed by atoms with Gasteiger partial charge in [0.05, 0.1) is 16.6 Å². The highest BCUT2D eigenvalue weighted by Crippen LogP contribution is 2.26. The van der Waals surface area contributed by atoms with Crippen LogP contribution in [0.2, 0.25) is 0 Å². The van der Waals surface area contributed by atoms with Gasteiger partial charge in [-0.2, -0.15) is 5.26 Å². The van der Waals surface area contributed by atoms with E-state index in [1.807, 2.05) is 6.07 Å². The summed E-state index contributed by atoms with van der Waals surface area (Å²) in [7, 11) is 3.21. The van der Waals surface area contributed by atoms with Gasteiger partial charge in [-0.15, -0.1) is 0 Å². The molecule has 1 rings (SSSR count). The maximum Gasteiger partial charge on any atom is 0.293 e. The molecule has 0 aliphatic heterocycles. The molecule has 1 N–H and O–H groups in total. The van der Waals surface area contributed by atoms with Crippen molar-refractivity contribution in [3.05, 3.63) is 33.9 Å². The lowest BCUT2D eigenvalue weighted by Gasteiger charge is -2.18. The minimum atomic E-state index is -0.596. The third kappa shape index (κ3) is 3.42. The molecule has 0 bridgehead atoms. The number of amides is 1. The average Bonchev–Trinajstić information content (AvgIpc) is 2.37. The van der Waals surface area contributed by atoms with Gasteiger partial charge in [-0.3, -0.25) is 14.9 Å². The molecule has 7 heteroatoms. The molecular weight excluding hydrogens is 248 g/mol. The first-order valence-corrected chi connectivity index (χ1v) is 5.53. The van der Waals surface area contributed by atoms with Crippen LogP contribution in [0, 0.1) is 21.4 Å². The predicted molar refractivity (Wildman–Crippen MR) is 69.6 cm³/mol. The van der Waals surface area contributed by atoms with Gasteiger partial charge in [-0.05, 0) is 19.1 Å². The highest BCUT2D eigenvalue weighted by Gasteiger charge is 2.20. The molecule has 19 heavy (non-hydrogen) atoms. The Kier molecular flexibility index (Phi) is 4.42. The summed E-state index contributed by atoms with van der Waals surface area (Å²) in [6.07, 6.45) is 0. The molecule has 0 aliphatic carbocycles. The third-order valence-corrected chi connectivity index (χ3v) is 2.51. The van der Waals surface area contributed by atoms with Crippen molar-refractivity contribution >= 4 is 17.3 Å². The molecule has 0 radical (unpaired) electrons. The summed E-state index contributed by atoms with van der Waals surface area (Å²) in [6, 6.07) is 5.30. The van der Waals surface area contributed by atoms with Crippen molar-refractivity contribution in [2.24, 2.45) is 0 Å². The standard InChI is InChI=1S/C12H14N4O3/c1-8(12(17)15(2)3)14-10-5-4-9(7-13)6-11(10)16(18)19/h4-6,8,14H,1-3H3/t8-/m0/s1. The van der Waals surface area contributed by atoms with Crippen LogP contribution in [0.5, 0.6) is 0 Å². The van der Waals surface area contributed by atoms with E-state index in [9.17, 15) is 14.9 Å². The SMILES string of the molecule is C[C@H](Nc1ccc(C#N)cc1[N+](=O)[O-])C(=O)N(C)C. The van der Waals surface area contributed by atoms with Gasteiger partial charge in [0.25, 0.3) is 5.69 Å². The monoisotopic (exact) mass is 262 g/mol. The van der Waals surface area contributed by atoms with Crippen LogP contribution in [0.3, 0.4) is 0 Å². The van der Waals surface area contributed by atoms with Crippen molar-refractivity contribution in [3.8, 4) is 6.07 Å². The van der Waals surface area contributed by atoms with Crippen molar-refractivity contribution in [3.63, 3.8) is 0 Å². The number of hydrogen-bond donors (Lipinski definition) is 1. The Morgan fingerprint density at radius 2 is 2.16 bits per heavy atom. The first-order chi connectivity index (χ1) is 8.86. The summed E-state index contributed by atoms with van der Waals surface area (Å²) in [5.41, 5.74) is 0.188. The quantitative estimate of drug-likeness (QED) is 0.652. The first kappa shape index (κ1) is 14.4. The Bertz CT molecular complexity index is 548. The molecule has 0 saturated heterocycles. The Balaban J connectivity index is 3.05. The Morgan fingerprint density at radius 1 is 1.53 bits per heavy atom. The van der Waals surface area contributed by atoms with Crippen molar-refractivity contribution in [1.29, 1.82) is 5.26 Å². The minimum absolute atomic E-state index is 0.196. The van der Waals surface area contributed by atoms with Crippen molar-refractivity contribution in [1.82, 2.24) is 4.90 Å². The number of nitriles is 1. The maximum absolute atomic E-state index is 11.7. The largest absolute Gasteiger partial charge is 0.368 e. The fraction of sp³-hybridized carbons (Fsp3) is 0.333. The van der Waals surface area contributed by atoms with Crippen LogP contribution < -0.4 is 5.32 Å². The van der Waals surface area contributed by atoms with Crippen LogP contribution in [-0.4, -0.2) is 35.9 Å². The number of carbonyl (C=O) groups is 1. The Labute approximate surface area is 110 Å². The summed E-state index contributed by atoms with van der Waals surface area (Å²) in [5.74, 6) is -0.196. The molecule has 0 heterocycles. The number of nitro groups is 1. The van der Waals surface area contributed by atoms with E-state index >= 15 is 0 Å². The van der Waals surface area contributed by atoms with Crippen molar-refractivity contribution < 1.29 is 9.72 Å². The lowest BCUT2D eigenvalue weighted by Crippen LogP contribution is -2.36. The number of anilines is 1. The van der Waals surface area contributed by atoms with E-state index in [1.165, 1.54) is 23.1 Å². The van der Waals surface area contributed by atoms with E-state index in [0.29, 0.717) is 0 Å². The molecule has 1 amide bonds. The molecule has 1 aromatic carbocycles. The second-order valence-corrected chi connectivity index (χ2v) is 4.20. The molecule has 1 aromatic rings. The van der Waals surface area contributed by atoms with Gasteiger partial charge in [-0.25, -0.2) is 0 Å². The fourth-order valence-corrected chi connectivity index (χ4v) is 1.56. The second-order valence-electron chi connectivity index (χ2n) is 4.20. The molecule has 1 atom stereocenters. The van der Waals surface area contributed by atoms with E-state index in [0.717, 1.165) is 0 Å². The molecular formula is C12H14N4O3. The molecule has 0 fully saturated rings. The average molecular weight is 262 g/mol. The molecule has 0 aliphatic rings.